The van der Waals surface area contributed by atoms with E-state index < -0.39 is 0 Å². The molecule has 0 unspecified atom stereocenters. The number of hydrogen-bond acceptors (Lipinski definition) is 3. The average Bonchev–Trinajstić information content (AvgIpc) is 2.00. The molecule has 1 aliphatic rings. The van der Waals surface area contributed by atoms with Gasteiger partial charge in [0.2, 0.25) is 0 Å². The molecule has 0 saturated heterocycles. The fourth-order valence-corrected chi connectivity index (χ4v) is 1.33. The van der Waals surface area contributed by atoms with Crippen molar-refractivity contribution in [1.82, 2.24) is 0 Å². The zero-order valence-electron chi connectivity index (χ0n) is 7.63. The molecule has 0 heterocycles. The van der Waals surface area contributed by atoms with E-state index in [9.17, 15) is 0 Å². The van der Waals surface area contributed by atoms with Gasteiger partial charge in [0.25, 0.3) is 0 Å². The van der Waals surface area contributed by atoms with Crippen LogP contribution >= 0.6 is 0 Å². The summed E-state index contributed by atoms with van der Waals surface area (Å²) in [6.45, 7) is 2.50. The molecule has 72 valence electrons. The van der Waals surface area contributed by atoms with Crippen molar-refractivity contribution in [3.05, 3.63) is 0 Å². The van der Waals surface area contributed by atoms with Crippen LogP contribution < -0.4 is 5.73 Å². The van der Waals surface area contributed by atoms with Crippen molar-refractivity contribution in [3.8, 4) is 0 Å². The van der Waals surface area contributed by atoms with E-state index in [-0.39, 0.29) is 0 Å². The lowest BCUT2D eigenvalue weighted by Gasteiger charge is -2.24. The fraction of sp³-hybridized carbons (Fsp3) is 1.00. The summed E-state index contributed by atoms with van der Waals surface area (Å²) in [5.74, 6) is 0.945. The zero-order valence-corrected chi connectivity index (χ0v) is 7.63. The van der Waals surface area contributed by atoms with Crippen molar-refractivity contribution in [2.75, 3.05) is 26.6 Å². The molecule has 0 aromatic heterocycles. The lowest BCUT2D eigenvalue weighted by molar-refractivity contribution is 0.0410. The normalized spacial score (nSPS) is 17.8. The van der Waals surface area contributed by atoms with Crippen molar-refractivity contribution in [2.24, 2.45) is 11.7 Å². The Labute approximate surface area is 74.2 Å². The largest absolute Gasteiger partial charge is 0.379 e. The lowest BCUT2D eigenvalue weighted by Crippen LogP contribution is -2.15. The van der Waals surface area contributed by atoms with Crippen LogP contribution in [0.25, 0.3) is 0 Å². The molecule has 0 bridgehead atoms. The third kappa shape index (κ3) is 4.04. The van der Waals surface area contributed by atoms with Crippen molar-refractivity contribution < 1.29 is 9.47 Å². The second kappa shape index (κ2) is 6.40. The van der Waals surface area contributed by atoms with E-state index in [2.05, 4.69) is 0 Å². The molecule has 3 nitrogen and oxygen atoms in total. The highest BCUT2D eigenvalue weighted by atomic mass is 16.5. The molecule has 1 saturated carbocycles. The van der Waals surface area contributed by atoms with Crippen LogP contribution in [0.2, 0.25) is 0 Å². The first-order chi connectivity index (χ1) is 5.93. The Morgan fingerprint density at radius 2 is 1.83 bits per heavy atom. The minimum Gasteiger partial charge on any atom is -0.379 e. The molecular weight excluding hydrogens is 154 g/mol. The molecule has 0 radical (unpaired) electrons. The number of hydrogen-bond donors (Lipinski definition) is 1. The van der Waals surface area contributed by atoms with Gasteiger partial charge in [-0.2, -0.15) is 0 Å². The van der Waals surface area contributed by atoms with Gasteiger partial charge < -0.3 is 15.2 Å². The van der Waals surface area contributed by atoms with E-state index >= 15 is 0 Å². The van der Waals surface area contributed by atoms with Gasteiger partial charge in [-0.05, 0) is 12.3 Å². The van der Waals surface area contributed by atoms with E-state index in [0.717, 1.165) is 12.5 Å². The van der Waals surface area contributed by atoms with E-state index in [1.54, 1.807) is 0 Å². The van der Waals surface area contributed by atoms with Crippen LogP contribution in [0.4, 0.5) is 0 Å². The van der Waals surface area contributed by atoms with Crippen molar-refractivity contribution >= 4 is 0 Å². The third-order valence-electron chi connectivity index (χ3n) is 2.39. The van der Waals surface area contributed by atoms with Gasteiger partial charge in [0.15, 0.2) is 0 Å². The van der Waals surface area contributed by atoms with Crippen LogP contribution in [0.5, 0.6) is 0 Å². The van der Waals surface area contributed by atoms with Gasteiger partial charge in [-0.1, -0.05) is 19.3 Å². The summed E-state index contributed by atoms with van der Waals surface area (Å²) in [6, 6.07) is 0. The zero-order chi connectivity index (χ0) is 8.65. The van der Waals surface area contributed by atoms with Crippen molar-refractivity contribution in [1.29, 1.82) is 0 Å². The number of rotatable bonds is 7. The Kier molecular flexibility index (Phi) is 5.32. The van der Waals surface area contributed by atoms with E-state index in [0.29, 0.717) is 19.9 Å². The molecular formula is C9H19NO2. The van der Waals surface area contributed by atoms with Crippen molar-refractivity contribution in [3.63, 3.8) is 0 Å². The SMILES string of the molecule is NCOCCOCCC1CCC1. The second-order valence-corrected chi connectivity index (χ2v) is 3.27. The summed E-state index contributed by atoms with van der Waals surface area (Å²) in [6.07, 6.45) is 5.45. The van der Waals surface area contributed by atoms with E-state index in [4.69, 9.17) is 15.2 Å². The molecule has 2 N–H and O–H groups in total. The van der Waals surface area contributed by atoms with Crippen LogP contribution in [-0.2, 0) is 9.47 Å². The van der Waals surface area contributed by atoms with Gasteiger partial charge in [0.05, 0.1) is 19.9 Å². The predicted octanol–water partition coefficient (Wildman–Crippen LogP) is 1.13. The number of ether oxygens (including phenoxy) is 2. The van der Waals surface area contributed by atoms with Gasteiger partial charge in [0.1, 0.15) is 0 Å². The maximum atomic E-state index is 5.36. The second-order valence-electron chi connectivity index (χ2n) is 3.27. The Hall–Kier alpha value is -0.120. The Morgan fingerprint density at radius 3 is 2.42 bits per heavy atom. The summed E-state index contributed by atoms with van der Waals surface area (Å²) >= 11 is 0. The standard InChI is InChI=1S/C9H19NO2/c10-8-12-7-6-11-5-4-9-2-1-3-9/h9H,1-8,10H2. The molecule has 0 atom stereocenters. The van der Waals surface area contributed by atoms with Crippen LogP contribution in [0.15, 0.2) is 0 Å². The van der Waals surface area contributed by atoms with Gasteiger partial charge in [-0.25, -0.2) is 0 Å². The minimum atomic E-state index is 0.298. The van der Waals surface area contributed by atoms with E-state index in [1.165, 1.54) is 25.7 Å². The molecule has 0 aliphatic heterocycles. The fourth-order valence-electron chi connectivity index (χ4n) is 1.33. The summed E-state index contributed by atoms with van der Waals surface area (Å²) in [5.41, 5.74) is 5.14. The summed E-state index contributed by atoms with van der Waals surface area (Å²) in [5, 5.41) is 0. The molecule has 12 heavy (non-hydrogen) atoms. The molecule has 3 heteroatoms. The topological polar surface area (TPSA) is 44.5 Å². The molecule has 0 aromatic carbocycles. The maximum absolute atomic E-state index is 5.36. The third-order valence-corrected chi connectivity index (χ3v) is 2.39. The Bertz CT molecular complexity index is 105. The monoisotopic (exact) mass is 173 g/mol. The Morgan fingerprint density at radius 1 is 1.08 bits per heavy atom. The smallest absolute Gasteiger partial charge is 0.0941 e. The average molecular weight is 173 g/mol. The minimum absolute atomic E-state index is 0.298. The quantitative estimate of drug-likeness (QED) is 0.463. The van der Waals surface area contributed by atoms with Crippen molar-refractivity contribution in [2.45, 2.75) is 25.7 Å². The summed E-state index contributed by atoms with van der Waals surface area (Å²) < 4.78 is 10.3. The summed E-state index contributed by atoms with van der Waals surface area (Å²) in [4.78, 5) is 0. The van der Waals surface area contributed by atoms with Crippen LogP contribution in [0, 0.1) is 5.92 Å². The van der Waals surface area contributed by atoms with E-state index in [1.807, 2.05) is 0 Å². The number of nitrogens with two attached hydrogens (primary N) is 1. The van der Waals surface area contributed by atoms with Gasteiger partial charge >= 0.3 is 0 Å². The molecule has 1 fully saturated rings. The first-order valence-corrected chi connectivity index (χ1v) is 4.79. The highest BCUT2D eigenvalue weighted by Gasteiger charge is 2.16. The maximum Gasteiger partial charge on any atom is 0.0941 e. The highest BCUT2D eigenvalue weighted by molar-refractivity contribution is 4.68. The molecule has 0 aromatic rings. The Balaban J connectivity index is 1.70. The first-order valence-electron chi connectivity index (χ1n) is 4.79. The molecule has 1 rings (SSSR count). The first kappa shape index (κ1) is 9.96. The van der Waals surface area contributed by atoms with Crippen LogP contribution in [0.3, 0.4) is 0 Å². The van der Waals surface area contributed by atoms with Gasteiger partial charge in [0, 0.05) is 6.61 Å². The van der Waals surface area contributed by atoms with Crippen LogP contribution in [0.1, 0.15) is 25.7 Å². The predicted molar refractivity (Wildman–Crippen MR) is 47.8 cm³/mol. The van der Waals surface area contributed by atoms with Gasteiger partial charge in [-0.3, -0.25) is 0 Å². The molecule has 1 aliphatic carbocycles. The summed E-state index contributed by atoms with van der Waals surface area (Å²) in [7, 11) is 0. The van der Waals surface area contributed by atoms with Gasteiger partial charge in [-0.15, -0.1) is 0 Å². The highest BCUT2D eigenvalue weighted by Crippen LogP contribution is 2.28. The lowest BCUT2D eigenvalue weighted by atomic mass is 9.83. The van der Waals surface area contributed by atoms with Crippen LogP contribution in [-0.4, -0.2) is 26.6 Å². The molecule has 0 spiro atoms. The molecule has 0 amide bonds.